The van der Waals surface area contributed by atoms with Crippen LogP contribution in [0.2, 0.25) is 0 Å². The Hall–Kier alpha value is -3.15. The van der Waals surface area contributed by atoms with E-state index in [-0.39, 0.29) is 11.5 Å². The molecular formula is C17H13FN2O3. The molecule has 5 nitrogen and oxygen atoms in total. The molecule has 2 N–H and O–H groups in total. The summed E-state index contributed by atoms with van der Waals surface area (Å²) in [6.07, 6.45) is 1.56. The van der Waals surface area contributed by atoms with Gasteiger partial charge in [-0.2, -0.15) is 0 Å². The topological polar surface area (TPSA) is 67.4 Å². The van der Waals surface area contributed by atoms with Crippen LogP contribution in [0.1, 0.15) is 11.1 Å². The zero-order chi connectivity index (χ0) is 16.2. The van der Waals surface area contributed by atoms with Crippen LogP contribution in [0.15, 0.2) is 54.2 Å². The van der Waals surface area contributed by atoms with Gasteiger partial charge < -0.3 is 10.1 Å². The molecule has 1 fully saturated rings. The molecule has 2 aromatic carbocycles. The van der Waals surface area contributed by atoms with Gasteiger partial charge in [0.15, 0.2) is 0 Å². The maximum atomic E-state index is 12.8. The van der Waals surface area contributed by atoms with E-state index in [2.05, 4.69) is 10.6 Å². The fraction of sp³-hybridized carbons (Fsp3) is 0.0588. The van der Waals surface area contributed by atoms with E-state index in [1.54, 1.807) is 42.5 Å². The van der Waals surface area contributed by atoms with Gasteiger partial charge in [0.1, 0.15) is 23.9 Å². The van der Waals surface area contributed by atoms with Gasteiger partial charge in [0.2, 0.25) is 0 Å². The third-order valence-electron chi connectivity index (χ3n) is 3.21. The zero-order valence-corrected chi connectivity index (χ0v) is 12.0. The lowest BCUT2D eigenvalue weighted by Gasteiger charge is -2.07. The first kappa shape index (κ1) is 14.8. The van der Waals surface area contributed by atoms with E-state index >= 15 is 0 Å². The third kappa shape index (κ3) is 3.74. The van der Waals surface area contributed by atoms with Gasteiger partial charge in [-0.15, -0.1) is 0 Å². The van der Waals surface area contributed by atoms with E-state index in [4.69, 9.17) is 4.74 Å². The Morgan fingerprint density at radius 1 is 1.04 bits per heavy atom. The van der Waals surface area contributed by atoms with Crippen molar-refractivity contribution in [3.05, 3.63) is 71.2 Å². The van der Waals surface area contributed by atoms with Gasteiger partial charge in [-0.05, 0) is 41.5 Å². The van der Waals surface area contributed by atoms with Crippen molar-refractivity contribution in [2.24, 2.45) is 0 Å². The van der Waals surface area contributed by atoms with Crippen LogP contribution in [0.25, 0.3) is 6.08 Å². The van der Waals surface area contributed by atoms with Crippen LogP contribution in [0, 0.1) is 5.82 Å². The third-order valence-corrected chi connectivity index (χ3v) is 3.21. The minimum Gasteiger partial charge on any atom is -0.489 e. The summed E-state index contributed by atoms with van der Waals surface area (Å²) in [6, 6.07) is 12.6. The summed E-state index contributed by atoms with van der Waals surface area (Å²) in [5, 5.41) is 4.55. The lowest BCUT2D eigenvalue weighted by Crippen LogP contribution is -2.22. The zero-order valence-electron chi connectivity index (χ0n) is 12.0. The summed E-state index contributed by atoms with van der Waals surface area (Å²) in [7, 11) is 0. The predicted octanol–water partition coefficient (Wildman–Crippen LogP) is 2.58. The van der Waals surface area contributed by atoms with Crippen molar-refractivity contribution in [2.45, 2.75) is 6.61 Å². The van der Waals surface area contributed by atoms with E-state index in [0.717, 1.165) is 5.56 Å². The molecule has 0 bridgehead atoms. The van der Waals surface area contributed by atoms with Gasteiger partial charge >= 0.3 is 6.03 Å². The first-order valence-electron chi connectivity index (χ1n) is 6.91. The first-order valence-corrected chi connectivity index (χ1v) is 6.91. The van der Waals surface area contributed by atoms with Crippen LogP contribution in [0.3, 0.4) is 0 Å². The number of halogens is 1. The molecule has 1 saturated heterocycles. The molecule has 2 aromatic rings. The van der Waals surface area contributed by atoms with E-state index in [1.807, 2.05) is 0 Å². The van der Waals surface area contributed by atoms with E-state index in [0.29, 0.717) is 17.9 Å². The summed E-state index contributed by atoms with van der Waals surface area (Å²) < 4.78 is 18.5. The van der Waals surface area contributed by atoms with Crippen molar-refractivity contribution in [3.63, 3.8) is 0 Å². The van der Waals surface area contributed by atoms with Gasteiger partial charge in [-0.3, -0.25) is 10.1 Å². The molecule has 23 heavy (non-hydrogen) atoms. The minimum absolute atomic E-state index is 0.186. The normalized spacial score (nSPS) is 15.4. The van der Waals surface area contributed by atoms with Crippen molar-refractivity contribution < 1.29 is 18.7 Å². The van der Waals surface area contributed by atoms with Crippen molar-refractivity contribution in [1.29, 1.82) is 0 Å². The summed E-state index contributed by atoms with van der Waals surface area (Å²) in [5.74, 6) is -0.153. The summed E-state index contributed by atoms with van der Waals surface area (Å²) in [4.78, 5) is 22.6. The highest BCUT2D eigenvalue weighted by atomic mass is 19.1. The number of carbonyl (C=O) groups excluding carboxylic acids is 2. The number of hydrogen-bond acceptors (Lipinski definition) is 3. The molecule has 0 atom stereocenters. The second kappa shape index (κ2) is 6.31. The molecule has 116 valence electrons. The lowest BCUT2D eigenvalue weighted by molar-refractivity contribution is -0.115. The molecule has 0 aromatic heterocycles. The second-order valence-electron chi connectivity index (χ2n) is 4.95. The van der Waals surface area contributed by atoms with Crippen molar-refractivity contribution >= 4 is 18.0 Å². The molecule has 0 spiro atoms. The average molecular weight is 312 g/mol. The van der Waals surface area contributed by atoms with Gasteiger partial charge in [0.25, 0.3) is 5.91 Å². The molecular weight excluding hydrogens is 299 g/mol. The Labute approximate surface area is 131 Å². The molecule has 0 unspecified atom stereocenters. The smallest absolute Gasteiger partial charge is 0.326 e. The molecule has 6 heteroatoms. The fourth-order valence-corrected chi connectivity index (χ4v) is 2.09. The summed E-state index contributed by atoms with van der Waals surface area (Å²) in [5.41, 5.74) is 1.75. The number of ether oxygens (including phenoxy) is 1. The van der Waals surface area contributed by atoms with E-state index < -0.39 is 11.9 Å². The Bertz CT molecular complexity index is 785. The summed E-state index contributed by atoms with van der Waals surface area (Å²) in [6.45, 7) is 0.303. The standard InChI is InChI=1S/C17H13FN2O3/c18-13-6-4-11(5-7-13)10-23-14-3-1-2-12(8-14)9-15-16(21)20-17(22)19-15/h1-9H,10H2,(H2,19,20,21,22). The van der Waals surface area contributed by atoms with Gasteiger partial charge in [0.05, 0.1) is 0 Å². The Kier molecular flexibility index (Phi) is 4.05. The number of nitrogens with one attached hydrogen (secondary N) is 2. The van der Waals surface area contributed by atoms with Crippen LogP contribution in [-0.4, -0.2) is 11.9 Å². The SMILES string of the molecule is O=C1NC(=O)C(=Cc2cccc(OCc3ccc(F)cc3)c2)N1. The summed E-state index contributed by atoms with van der Waals surface area (Å²) >= 11 is 0. The van der Waals surface area contributed by atoms with Gasteiger partial charge in [-0.1, -0.05) is 24.3 Å². The number of hydrogen-bond donors (Lipinski definition) is 2. The first-order chi connectivity index (χ1) is 11.1. The average Bonchev–Trinajstić information content (AvgIpc) is 2.85. The highest BCUT2D eigenvalue weighted by Crippen LogP contribution is 2.18. The highest BCUT2D eigenvalue weighted by molar-refractivity contribution is 6.13. The van der Waals surface area contributed by atoms with Crippen LogP contribution < -0.4 is 15.4 Å². The van der Waals surface area contributed by atoms with Crippen molar-refractivity contribution in [3.8, 4) is 5.75 Å². The van der Waals surface area contributed by atoms with Crippen molar-refractivity contribution in [2.75, 3.05) is 0 Å². The molecule has 3 rings (SSSR count). The molecule has 1 aliphatic rings. The molecule has 1 aliphatic heterocycles. The van der Waals surface area contributed by atoms with Gasteiger partial charge in [0, 0.05) is 0 Å². The minimum atomic E-state index is -0.537. The van der Waals surface area contributed by atoms with E-state index in [9.17, 15) is 14.0 Å². The molecule has 0 aliphatic carbocycles. The van der Waals surface area contributed by atoms with Crippen LogP contribution in [0.4, 0.5) is 9.18 Å². The maximum absolute atomic E-state index is 12.8. The maximum Gasteiger partial charge on any atom is 0.326 e. The Morgan fingerprint density at radius 3 is 2.52 bits per heavy atom. The quantitative estimate of drug-likeness (QED) is 0.673. The van der Waals surface area contributed by atoms with Crippen LogP contribution in [-0.2, 0) is 11.4 Å². The predicted molar refractivity (Wildman–Crippen MR) is 81.8 cm³/mol. The van der Waals surface area contributed by atoms with Crippen LogP contribution >= 0.6 is 0 Å². The fourth-order valence-electron chi connectivity index (χ4n) is 2.09. The number of urea groups is 1. The van der Waals surface area contributed by atoms with Crippen molar-refractivity contribution in [1.82, 2.24) is 10.6 Å². The largest absolute Gasteiger partial charge is 0.489 e. The Morgan fingerprint density at radius 2 is 1.83 bits per heavy atom. The lowest BCUT2D eigenvalue weighted by atomic mass is 10.2. The molecule has 3 amide bonds. The number of benzene rings is 2. The molecule has 0 radical (unpaired) electrons. The highest BCUT2D eigenvalue weighted by Gasteiger charge is 2.22. The molecule has 0 saturated carbocycles. The number of imide groups is 1. The Balaban J connectivity index is 1.70. The molecule has 1 heterocycles. The van der Waals surface area contributed by atoms with Gasteiger partial charge in [-0.25, -0.2) is 9.18 Å². The van der Waals surface area contributed by atoms with Crippen LogP contribution in [0.5, 0.6) is 5.75 Å². The number of rotatable bonds is 4. The van der Waals surface area contributed by atoms with E-state index in [1.165, 1.54) is 12.1 Å². The second-order valence-corrected chi connectivity index (χ2v) is 4.95. The monoisotopic (exact) mass is 312 g/mol. The number of amides is 3. The number of carbonyl (C=O) groups is 2.